The van der Waals surface area contributed by atoms with Crippen molar-refractivity contribution in [1.82, 2.24) is 30.6 Å². The summed E-state index contributed by atoms with van der Waals surface area (Å²) in [5, 5.41) is 14.9. The van der Waals surface area contributed by atoms with E-state index in [1.165, 1.54) is 12.3 Å². The summed E-state index contributed by atoms with van der Waals surface area (Å²) in [5.74, 6) is 0.141. The molecule has 2 fully saturated rings. The van der Waals surface area contributed by atoms with E-state index < -0.39 is 11.7 Å². The number of halogens is 1. The Bertz CT molecular complexity index is 1450. The maximum Gasteiger partial charge on any atom is 0.290 e. The Morgan fingerprint density at radius 2 is 2.05 bits per heavy atom. The van der Waals surface area contributed by atoms with Crippen molar-refractivity contribution in [1.29, 1.82) is 5.26 Å². The summed E-state index contributed by atoms with van der Waals surface area (Å²) in [5.41, 5.74) is 2.32. The molecule has 192 valence electrons. The van der Waals surface area contributed by atoms with Crippen molar-refractivity contribution in [2.45, 2.75) is 19.4 Å². The number of amides is 2. The van der Waals surface area contributed by atoms with Crippen LogP contribution in [0.4, 0.5) is 15.1 Å². The van der Waals surface area contributed by atoms with E-state index in [0.29, 0.717) is 40.3 Å². The van der Waals surface area contributed by atoms with Gasteiger partial charge < -0.3 is 10.2 Å². The lowest BCUT2D eigenvalue weighted by Gasteiger charge is -2.32. The van der Waals surface area contributed by atoms with Crippen molar-refractivity contribution in [3.05, 3.63) is 70.5 Å². The summed E-state index contributed by atoms with van der Waals surface area (Å²) in [6.45, 7) is 2.96. The highest BCUT2D eigenvalue weighted by Crippen LogP contribution is 2.27. The molecule has 2 aliphatic heterocycles. The first-order valence-corrected chi connectivity index (χ1v) is 12.8. The predicted molar refractivity (Wildman–Crippen MR) is 140 cm³/mol. The number of nitrogens with one attached hydrogen (secondary N) is 2. The van der Waals surface area contributed by atoms with Gasteiger partial charge in [0.15, 0.2) is 5.82 Å². The van der Waals surface area contributed by atoms with Crippen LogP contribution in [0.1, 0.15) is 29.7 Å². The number of thioether (sulfide) groups is 1. The third-order valence-electron chi connectivity index (χ3n) is 6.34. The van der Waals surface area contributed by atoms with Gasteiger partial charge in [-0.3, -0.25) is 24.9 Å². The SMILES string of the molecule is N#Cc1cc(CNCC2CCN(c3nccc(/C=C4\SC(=O)NC4=O)n3)CC2)cnc1-c1ccncc1F. The van der Waals surface area contributed by atoms with Crippen LogP contribution in [-0.4, -0.2) is 50.7 Å². The fraction of sp³-hybridized carbons (Fsp3) is 0.269. The van der Waals surface area contributed by atoms with Gasteiger partial charge >= 0.3 is 0 Å². The second-order valence-corrected chi connectivity index (χ2v) is 9.92. The first-order valence-electron chi connectivity index (χ1n) is 12.0. The van der Waals surface area contributed by atoms with Gasteiger partial charge in [-0.2, -0.15) is 5.26 Å². The standard InChI is InChI=1S/C26H23FN8O2S/c27-21-15-29-5-2-20(21)23-18(11-28)9-17(14-32-23)13-30-12-16-3-7-35(8-4-16)25-31-6-1-19(33-25)10-22-24(36)34-26(37)38-22/h1-2,5-6,9-10,14-16,30H,3-4,7-8,12-13H2,(H,34,36,37)/b22-10-. The molecule has 5 heterocycles. The number of rotatable bonds is 7. The molecule has 12 heteroatoms. The number of nitrogens with zero attached hydrogens (tertiary/aromatic N) is 6. The molecule has 0 saturated carbocycles. The number of imide groups is 1. The average Bonchev–Trinajstić information content (AvgIpc) is 3.25. The van der Waals surface area contributed by atoms with Crippen LogP contribution in [0.25, 0.3) is 17.3 Å². The van der Waals surface area contributed by atoms with E-state index in [1.54, 1.807) is 30.6 Å². The van der Waals surface area contributed by atoms with E-state index in [9.17, 15) is 19.2 Å². The quantitative estimate of drug-likeness (QED) is 0.438. The highest BCUT2D eigenvalue weighted by Gasteiger charge is 2.26. The summed E-state index contributed by atoms with van der Waals surface area (Å²) >= 11 is 0.862. The van der Waals surface area contributed by atoms with E-state index in [4.69, 9.17) is 0 Å². The number of carbonyl (C=O) groups excluding carboxylic acids is 2. The number of hydrogen-bond donors (Lipinski definition) is 2. The normalized spacial score (nSPS) is 17.1. The third-order valence-corrected chi connectivity index (χ3v) is 7.15. The zero-order chi connectivity index (χ0) is 26.5. The minimum Gasteiger partial charge on any atom is -0.341 e. The maximum absolute atomic E-state index is 14.1. The lowest BCUT2D eigenvalue weighted by Crippen LogP contribution is -2.38. The Hall–Kier alpha value is -4.21. The lowest BCUT2D eigenvalue weighted by atomic mass is 9.97. The van der Waals surface area contributed by atoms with Crippen molar-refractivity contribution >= 4 is 34.9 Å². The van der Waals surface area contributed by atoms with Crippen LogP contribution in [-0.2, 0) is 11.3 Å². The highest BCUT2D eigenvalue weighted by molar-refractivity contribution is 8.18. The number of anilines is 1. The summed E-state index contributed by atoms with van der Waals surface area (Å²) in [4.78, 5) is 42.6. The first-order chi connectivity index (χ1) is 18.5. The summed E-state index contributed by atoms with van der Waals surface area (Å²) in [6, 6.07) is 7.07. The Kier molecular flexibility index (Phi) is 7.67. The Morgan fingerprint density at radius 1 is 1.21 bits per heavy atom. The molecule has 0 unspecified atom stereocenters. The highest BCUT2D eigenvalue weighted by atomic mass is 32.2. The molecular weight excluding hydrogens is 507 g/mol. The van der Waals surface area contributed by atoms with Crippen LogP contribution < -0.4 is 15.5 Å². The van der Waals surface area contributed by atoms with E-state index in [0.717, 1.165) is 56.0 Å². The molecule has 2 aliphatic rings. The zero-order valence-corrected chi connectivity index (χ0v) is 21.0. The molecule has 2 amide bonds. The molecule has 10 nitrogen and oxygen atoms in total. The fourth-order valence-corrected chi connectivity index (χ4v) is 5.05. The van der Waals surface area contributed by atoms with Crippen LogP contribution in [0.3, 0.4) is 0 Å². The van der Waals surface area contributed by atoms with Crippen LogP contribution in [0.5, 0.6) is 0 Å². The van der Waals surface area contributed by atoms with Crippen LogP contribution in [0.15, 0.2) is 47.9 Å². The second kappa shape index (κ2) is 11.5. The lowest BCUT2D eigenvalue weighted by molar-refractivity contribution is -0.115. The molecule has 38 heavy (non-hydrogen) atoms. The predicted octanol–water partition coefficient (Wildman–Crippen LogP) is 3.27. The Balaban J connectivity index is 1.13. The van der Waals surface area contributed by atoms with Gasteiger partial charge in [-0.15, -0.1) is 0 Å². The van der Waals surface area contributed by atoms with Gasteiger partial charge in [0, 0.05) is 43.8 Å². The molecule has 5 rings (SSSR count). The third kappa shape index (κ3) is 5.85. The number of pyridine rings is 2. The van der Waals surface area contributed by atoms with Gasteiger partial charge in [0.25, 0.3) is 11.1 Å². The maximum atomic E-state index is 14.1. The van der Waals surface area contributed by atoms with Crippen molar-refractivity contribution in [3.8, 4) is 17.3 Å². The van der Waals surface area contributed by atoms with Gasteiger partial charge in [0.2, 0.25) is 5.95 Å². The Labute approximate surface area is 222 Å². The fourth-order valence-electron chi connectivity index (χ4n) is 4.38. The summed E-state index contributed by atoms with van der Waals surface area (Å²) < 4.78 is 14.1. The van der Waals surface area contributed by atoms with E-state index in [2.05, 4.69) is 41.5 Å². The molecule has 2 saturated heterocycles. The van der Waals surface area contributed by atoms with Crippen molar-refractivity contribution in [3.63, 3.8) is 0 Å². The molecule has 0 aromatic carbocycles. The molecule has 0 atom stereocenters. The molecule has 0 spiro atoms. The van der Waals surface area contributed by atoms with E-state index >= 15 is 0 Å². The number of piperidine rings is 1. The van der Waals surface area contributed by atoms with E-state index in [-0.39, 0.29) is 10.8 Å². The number of nitriles is 1. The van der Waals surface area contributed by atoms with Crippen molar-refractivity contribution in [2.24, 2.45) is 5.92 Å². The van der Waals surface area contributed by atoms with Crippen molar-refractivity contribution in [2.75, 3.05) is 24.5 Å². The summed E-state index contributed by atoms with van der Waals surface area (Å²) in [6.07, 6.45) is 9.40. The molecule has 2 N–H and O–H groups in total. The molecule has 3 aromatic rings. The topological polar surface area (TPSA) is 137 Å². The molecule has 0 bridgehead atoms. The minimum atomic E-state index is -0.514. The van der Waals surface area contributed by atoms with Gasteiger partial charge in [0.1, 0.15) is 6.07 Å². The van der Waals surface area contributed by atoms with Gasteiger partial charge in [-0.05, 0) is 66.9 Å². The summed E-state index contributed by atoms with van der Waals surface area (Å²) in [7, 11) is 0. The molecular formula is C26H23FN8O2S. The van der Waals surface area contributed by atoms with Gasteiger partial charge in [-0.25, -0.2) is 14.4 Å². The first kappa shape index (κ1) is 25.4. The zero-order valence-electron chi connectivity index (χ0n) is 20.2. The van der Waals surface area contributed by atoms with Gasteiger partial charge in [0.05, 0.1) is 28.1 Å². The minimum absolute atomic E-state index is 0.256. The van der Waals surface area contributed by atoms with E-state index in [1.807, 2.05) is 0 Å². The van der Waals surface area contributed by atoms with Crippen LogP contribution in [0, 0.1) is 23.1 Å². The number of carbonyl (C=O) groups is 2. The van der Waals surface area contributed by atoms with Gasteiger partial charge in [-0.1, -0.05) is 0 Å². The number of aromatic nitrogens is 4. The smallest absolute Gasteiger partial charge is 0.290 e. The van der Waals surface area contributed by atoms with Crippen LogP contribution >= 0.6 is 11.8 Å². The second-order valence-electron chi connectivity index (χ2n) is 8.90. The molecule has 3 aromatic heterocycles. The van der Waals surface area contributed by atoms with Crippen molar-refractivity contribution < 1.29 is 14.0 Å². The van der Waals surface area contributed by atoms with Crippen LogP contribution in [0.2, 0.25) is 0 Å². The molecule has 0 radical (unpaired) electrons. The monoisotopic (exact) mass is 530 g/mol. The number of hydrogen-bond acceptors (Lipinski definition) is 10. The largest absolute Gasteiger partial charge is 0.341 e. The Morgan fingerprint density at radius 3 is 2.79 bits per heavy atom. The average molecular weight is 531 g/mol. The molecule has 0 aliphatic carbocycles.